The van der Waals surface area contributed by atoms with Crippen molar-refractivity contribution < 1.29 is 4.79 Å². The van der Waals surface area contributed by atoms with Gasteiger partial charge in [0.15, 0.2) is 5.69 Å². The summed E-state index contributed by atoms with van der Waals surface area (Å²) in [6, 6.07) is 13.6. The first-order valence-electron chi connectivity index (χ1n) is 11.6. The molecule has 1 N–H and O–H groups in total. The Balaban J connectivity index is 1.61. The van der Waals surface area contributed by atoms with Crippen LogP contribution in [0.25, 0.3) is 17.3 Å². The van der Waals surface area contributed by atoms with E-state index in [1.165, 1.54) is 6.42 Å². The molecular weight excluding hydrogens is 535 g/mol. The molecule has 8 heteroatoms. The first-order valence-corrected chi connectivity index (χ1v) is 13.1. The van der Waals surface area contributed by atoms with E-state index in [0.717, 1.165) is 72.1 Å². The van der Waals surface area contributed by atoms with Crippen LogP contribution in [0.15, 0.2) is 46.9 Å². The zero-order chi connectivity index (χ0) is 23.7. The van der Waals surface area contributed by atoms with Crippen LogP contribution in [0.4, 0.5) is 0 Å². The molecule has 2 aromatic carbocycles. The van der Waals surface area contributed by atoms with Gasteiger partial charge in [-0.1, -0.05) is 57.7 Å². The number of benzene rings is 2. The zero-order valence-electron chi connectivity index (χ0n) is 18.7. The Morgan fingerprint density at radius 3 is 2.50 bits per heavy atom. The second-order valence-electron chi connectivity index (χ2n) is 8.75. The molecule has 0 atom stereocenters. The number of amides is 1. The Hall–Kier alpha value is -2.12. The maximum Gasteiger partial charge on any atom is 0.286 e. The molecule has 5 rings (SSSR count). The van der Waals surface area contributed by atoms with E-state index in [1.807, 2.05) is 27.9 Å². The Morgan fingerprint density at radius 2 is 1.76 bits per heavy atom. The summed E-state index contributed by atoms with van der Waals surface area (Å²) in [7, 11) is 0. The van der Waals surface area contributed by atoms with Gasteiger partial charge in [-0.15, -0.1) is 0 Å². The van der Waals surface area contributed by atoms with Crippen LogP contribution in [-0.2, 0) is 6.42 Å². The quantitative estimate of drug-likeness (QED) is 0.376. The van der Waals surface area contributed by atoms with Crippen LogP contribution in [0.5, 0.6) is 0 Å². The number of hydrazine groups is 1. The van der Waals surface area contributed by atoms with Crippen molar-refractivity contribution in [2.75, 3.05) is 13.1 Å². The van der Waals surface area contributed by atoms with Crippen LogP contribution in [0.1, 0.15) is 59.4 Å². The summed E-state index contributed by atoms with van der Waals surface area (Å²) in [5, 5.41) is 7.89. The minimum absolute atomic E-state index is 0.160. The third-order valence-corrected chi connectivity index (χ3v) is 7.41. The highest BCUT2D eigenvalue weighted by molar-refractivity contribution is 9.10. The molecule has 5 nitrogen and oxygen atoms in total. The van der Waals surface area contributed by atoms with Crippen molar-refractivity contribution in [2.24, 2.45) is 0 Å². The molecule has 34 heavy (non-hydrogen) atoms. The number of carbonyl (C=O) groups excluding carboxylic acids is 1. The maximum absolute atomic E-state index is 13.4. The number of nitrogens with one attached hydrogen (secondary N) is 1. The minimum atomic E-state index is -0.160. The third kappa shape index (κ3) is 4.96. The smallest absolute Gasteiger partial charge is 0.283 e. The Bertz CT molecular complexity index is 1250. The van der Waals surface area contributed by atoms with Crippen molar-refractivity contribution in [2.45, 2.75) is 38.5 Å². The van der Waals surface area contributed by atoms with Crippen molar-refractivity contribution in [1.82, 2.24) is 20.2 Å². The van der Waals surface area contributed by atoms with Gasteiger partial charge in [0.2, 0.25) is 0 Å². The largest absolute Gasteiger partial charge is 0.286 e. The lowest BCUT2D eigenvalue weighted by Gasteiger charge is -2.26. The molecule has 1 fully saturated rings. The molecule has 1 aromatic heterocycles. The lowest BCUT2D eigenvalue weighted by molar-refractivity contribution is 0.0743. The van der Waals surface area contributed by atoms with Crippen LogP contribution < -0.4 is 5.43 Å². The third-order valence-electron chi connectivity index (χ3n) is 6.34. The minimum Gasteiger partial charge on any atom is -0.283 e. The standard InChI is InChI=1S/C26H25BrCl2N4O/c27-19-9-7-17(8-10-19)15-18-5-4-6-21-24(26(34)31-32-13-2-1-3-14-32)30-33(25(18)21)23-12-11-20(28)16-22(23)29/h7-12,15-16H,1-6,13-14H2,(H,31,34). The van der Waals surface area contributed by atoms with E-state index in [-0.39, 0.29) is 5.91 Å². The maximum atomic E-state index is 13.4. The van der Waals surface area contributed by atoms with Crippen molar-refractivity contribution >= 4 is 56.7 Å². The van der Waals surface area contributed by atoms with Gasteiger partial charge in [-0.2, -0.15) is 5.10 Å². The monoisotopic (exact) mass is 558 g/mol. The highest BCUT2D eigenvalue weighted by Gasteiger charge is 2.30. The highest BCUT2D eigenvalue weighted by Crippen LogP contribution is 2.37. The molecule has 0 spiro atoms. The topological polar surface area (TPSA) is 50.2 Å². The van der Waals surface area contributed by atoms with E-state index in [4.69, 9.17) is 28.3 Å². The van der Waals surface area contributed by atoms with Gasteiger partial charge in [-0.05, 0) is 79.6 Å². The van der Waals surface area contributed by atoms with Gasteiger partial charge in [0.05, 0.1) is 16.4 Å². The summed E-state index contributed by atoms with van der Waals surface area (Å²) in [6.07, 6.45) is 8.21. The molecule has 1 amide bonds. The molecule has 1 saturated heterocycles. The molecule has 0 bridgehead atoms. The fraction of sp³-hybridized carbons (Fsp3) is 0.308. The molecular formula is C26H25BrCl2N4O. The Morgan fingerprint density at radius 1 is 1.00 bits per heavy atom. The molecule has 2 heterocycles. The van der Waals surface area contributed by atoms with Crippen LogP contribution in [0, 0.1) is 0 Å². The Kier molecular flexibility index (Phi) is 7.11. The fourth-order valence-electron chi connectivity index (χ4n) is 4.70. The second-order valence-corrected chi connectivity index (χ2v) is 10.5. The fourth-order valence-corrected chi connectivity index (χ4v) is 5.46. The average Bonchev–Trinajstić information content (AvgIpc) is 3.22. The van der Waals surface area contributed by atoms with E-state index < -0.39 is 0 Å². The van der Waals surface area contributed by atoms with E-state index in [9.17, 15) is 4.79 Å². The number of rotatable bonds is 4. The summed E-state index contributed by atoms with van der Waals surface area (Å²) in [4.78, 5) is 13.4. The highest BCUT2D eigenvalue weighted by atomic mass is 79.9. The number of piperidine rings is 1. The van der Waals surface area contributed by atoms with Crippen LogP contribution in [0.2, 0.25) is 10.0 Å². The van der Waals surface area contributed by atoms with Gasteiger partial charge < -0.3 is 0 Å². The summed E-state index contributed by atoms with van der Waals surface area (Å²) in [5.74, 6) is -0.160. The van der Waals surface area contributed by atoms with Gasteiger partial charge in [-0.25, -0.2) is 9.69 Å². The molecule has 0 saturated carbocycles. The Labute approximate surface area is 217 Å². The lowest BCUT2D eigenvalue weighted by atomic mass is 9.89. The number of fused-ring (bicyclic) bond motifs is 1. The molecule has 176 valence electrons. The SMILES string of the molecule is O=C(NN1CCCCC1)c1nn(-c2ccc(Cl)cc2Cl)c2c1CCCC2=Cc1ccc(Br)cc1. The normalized spacial score (nSPS) is 17.6. The molecule has 0 unspecified atom stereocenters. The van der Waals surface area contributed by atoms with Crippen LogP contribution in [0.3, 0.4) is 0 Å². The number of hydrogen-bond acceptors (Lipinski definition) is 3. The first-order chi connectivity index (χ1) is 16.5. The number of nitrogens with zero attached hydrogens (tertiary/aromatic N) is 3. The van der Waals surface area contributed by atoms with Crippen molar-refractivity contribution in [1.29, 1.82) is 0 Å². The first kappa shape index (κ1) is 23.6. The molecule has 2 aliphatic rings. The van der Waals surface area contributed by atoms with Crippen molar-refractivity contribution in [3.8, 4) is 5.69 Å². The van der Waals surface area contributed by atoms with E-state index >= 15 is 0 Å². The van der Waals surface area contributed by atoms with Gasteiger partial charge >= 0.3 is 0 Å². The second kappa shape index (κ2) is 10.2. The summed E-state index contributed by atoms with van der Waals surface area (Å²) in [5.41, 5.74) is 8.41. The average molecular weight is 560 g/mol. The zero-order valence-corrected chi connectivity index (χ0v) is 21.8. The summed E-state index contributed by atoms with van der Waals surface area (Å²) >= 11 is 16.3. The number of hydrogen-bond donors (Lipinski definition) is 1. The molecule has 1 aliphatic carbocycles. The van der Waals surface area contributed by atoms with E-state index in [0.29, 0.717) is 21.4 Å². The van der Waals surface area contributed by atoms with Gasteiger partial charge in [-0.3, -0.25) is 10.2 Å². The van der Waals surface area contributed by atoms with E-state index in [1.54, 1.807) is 12.1 Å². The predicted octanol–water partition coefficient (Wildman–Crippen LogP) is 6.95. The molecule has 0 radical (unpaired) electrons. The van der Waals surface area contributed by atoms with Crippen LogP contribution >= 0.6 is 39.1 Å². The summed E-state index contributed by atoms with van der Waals surface area (Å²) < 4.78 is 2.86. The van der Waals surface area contributed by atoms with Gasteiger partial charge in [0.25, 0.3) is 5.91 Å². The van der Waals surface area contributed by atoms with Gasteiger partial charge in [0.1, 0.15) is 0 Å². The summed E-state index contributed by atoms with van der Waals surface area (Å²) in [6.45, 7) is 1.73. The molecule has 1 aliphatic heterocycles. The van der Waals surface area contributed by atoms with Crippen LogP contribution in [-0.4, -0.2) is 33.8 Å². The predicted molar refractivity (Wildman–Crippen MR) is 141 cm³/mol. The number of aromatic nitrogens is 2. The van der Waals surface area contributed by atoms with E-state index in [2.05, 4.69) is 39.6 Å². The number of carbonyl (C=O) groups is 1. The number of halogens is 3. The van der Waals surface area contributed by atoms with Gasteiger partial charge in [0, 0.05) is 28.1 Å². The van der Waals surface area contributed by atoms with Crippen molar-refractivity contribution in [3.05, 3.63) is 79.5 Å². The molecule has 3 aromatic rings. The van der Waals surface area contributed by atoms with Crippen molar-refractivity contribution in [3.63, 3.8) is 0 Å². The number of allylic oxidation sites excluding steroid dienone is 1. The lowest BCUT2D eigenvalue weighted by Crippen LogP contribution is -2.45.